The quantitative estimate of drug-likeness (QED) is 0.752. The highest BCUT2D eigenvalue weighted by molar-refractivity contribution is 6.29. The Morgan fingerprint density at radius 2 is 2.11 bits per heavy atom. The third-order valence-electron chi connectivity index (χ3n) is 2.32. The number of esters is 1. The van der Waals surface area contributed by atoms with Crippen LogP contribution in [0.1, 0.15) is 23.8 Å². The van der Waals surface area contributed by atoms with Crippen LogP contribution in [0.2, 0.25) is 5.15 Å². The van der Waals surface area contributed by atoms with Crippen molar-refractivity contribution in [1.29, 1.82) is 0 Å². The van der Waals surface area contributed by atoms with Crippen LogP contribution in [0.25, 0.3) is 0 Å². The van der Waals surface area contributed by atoms with E-state index in [1.165, 1.54) is 24.4 Å². The Labute approximate surface area is 110 Å². The summed E-state index contributed by atoms with van der Waals surface area (Å²) in [7, 11) is 1.31. The molecular formula is C11H14ClN3O3. The van der Waals surface area contributed by atoms with Crippen LogP contribution >= 0.6 is 11.6 Å². The minimum absolute atomic E-state index is 0.150. The highest BCUT2D eigenvalue weighted by Crippen LogP contribution is 2.05. The van der Waals surface area contributed by atoms with E-state index in [1.54, 1.807) is 0 Å². The highest BCUT2D eigenvalue weighted by Gasteiger charge is 2.17. The normalized spacial score (nSPS) is 9.94. The van der Waals surface area contributed by atoms with Gasteiger partial charge in [0.25, 0.3) is 5.91 Å². The molecule has 0 radical (unpaired) electrons. The number of hydrogen-bond acceptors (Lipinski definition) is 5. The van der Waals surface area contributed by atoms with Crippen molar-refractivity contribution in [2.24, 2.45) is 0 Å². The molecule has 0 unspecified atom stereocenters. The van der Waals surface area contributed by atoms with Gasteiger partial charge in [-0.3, -0.25) is 9.59 Å². The molecule has 1 amide bonds. The van der Waals surface area contributed by atoms with Crippen molar-refractivity contribution in [3.8, 4) is 0 Å². The smallest absolute Gasteiger partial charge is 0.307 e. The van der Waals surface area contributed by atoms with Crippen LogP contribution in [-0.2, 0) is 9.53 Å². The molecule has 1 aromatic rings. The van der Waals surface area contributed by atoms with E-state index in [2.05, 4.69) is 14.7 Å². The molecular weight excluding hydrogens is 258 g/mol. The maximum absolute atomic E-state index is 12.0. The molecule has 0 aliphatic heterocycles. The second kappa shape index (κ2) is 6.90. The molecule has 0 saturated carbocycles. The summed E-state index contributed by atoms with van der Waals surface area (Å²) in [5, 5.41) is 0.226. The molecule has 6 nitrogen and oxygen atoms in total. The molecule has 0 saturated heterocycles. The Morgan fingerprint density at radius 1 is 1.39 bits per heavy atom. The molecule has 0 aliphatic rings. The largest absolute Gasteiger partial charge is 0.469 e. The number of aromatic nitrogens is 2. The third-order valence-corrected chi connectivity index (χ3v) is 2.52. The Kier molecular flexibility index (Phi) is 5.51. The average Bonchev–Trinajstić information content (AvgIpc) is 2.39. The third kappa shape index (κ3) is 3.96. The fourth-order valence-corrected chi connectivity index (χ4v) is 1.41. The van der Waals surface area contributed by atoms with E-state index in [1.807, 2.05) is 6.92 Å². The molecule has 1 heterocycles. The first kappa shape index (κ1) is 14.4. The van der Waals surface area contributed by atoms with Crippen LogP contribution in [0.15, 0.2) is 12.4 Å². The van der Waals surface area contributed by atoms with Gasteiger partial charge in [0.05, 0.1) is 25.9 Å². The lowest BCUT2D eigenvalue weighted by molar-refractivity contribution is -0.140. The number of nitrogens with zero attached hydrogens (tertiary/aromatic N) is 3. The second-order valence-corrected chi connectivity index (χ2v) is 3.82. The van der Waals surface area contributed by atoms with Crippen molar-refractivity contribution in [3.05, 3.63) is 23.2 Å². The Morgan fingerprint density at radius 3 is 2.61 bits per heavy atom. The fourth-order valence-electron chi connectivity index (χ4n) is 1.32. The van der Waals surface area contributed by atoms with E-state index in [4.69, 9.17) is 11.6 Å². The Hall–Kier alpha value is -1.69. The van der Waals surface area contributed by atoms with E-state index in [0.717, 1.165) is 0 Å². The predicted octanol–water partition coefficient (Wildman–Crippen LogP) is 1.16. The molecule has 98 valence electrons. The lowest BCUT2D eigenvalue weighted by atomic mass is 10.3. The zero-order chi connectivity index (χ0) is 13.5. The van der Waals surface area contributed by atoms with E-state index < -0.39 is 0 Å². The Bertz CT molecular complexity index is 422. The molecule has 0 bridgehead atoms. The molecule has 0 atom stereocenters. The van der Waals surface area contributed by atoms with Gasteiger partial charge in [0.2, 0.25) is 0 Å². The molecule has 18 heavy (non-hydrogen) atoms. The van der Waals surface area contributed by atoms with Gasteiger partial charge in [-0.1, -0.05) is 11.6 Å². The second-order valence-electron chi connectivity index (χ2n) is 3.44. The molecule has 7 heteroatoms. The van der Waals surface area contributed by atoms with Crippen molar-refractivity contribution in [1.82, 2.24) is 14.9 Å². The number of ether oxygens (including phenoxy) is 1. The number of halogens is 1. The number of hydrogen-bond donors (Lipinski definition) is 0. The molecule has 0 N–H and O–H groups in total. The van der Waals surface area contributed by atoms with Gasteiger partial charge >= 0.3 is 5.97 Å². The minimum atomic E-state index is -0.358. The molecule has 0 fully saturated rings. The molecule has 1 rings (SSSR count). The SMILES string of the molecule is CCN(CCC(=O)OC)C(=O)c1cnc(Cl)cn1. The van der Waals surface area contributed by atoms with E-state index in [9.17, 15) is 9.59 Å². The van der Waals surface area contributed by atoms with Crippen LogP contribution in [-0.4, -0.2) is 46.9 Å². The number of carbonyl (C=O) groups excluding carboxylic acids is 2. The van der Waals surface area contributed by atoms with Crippen molar-refractivity contribution in [2.45, 2.75) is 13.3 Å². The zero-order valence-corrected chi connectivity index (χ0v) is 11.0. The molecule has 0 aliphatic carbocycles. The van der Waals surface area contributed by atoms with Crippen molar-refractivity contribution < 1.29 is 14.3 Å². The first-order chi connectivity index (χ1) is 8.58. The van der Waals surface area contributed by atoms with E-state index >= 15 is 0 Å². The number of carbonyl (C=O) groups is 2. The first-order valence-electron chi connectivity index (χ1n) is 5.42. The van der Waals surface area contributed by atoms with Gasteiger partial charge in [-0.15, -0.1) is 0 Å². The van der Waals surface area contributed by atoms with Gasteiger partial charge in [0.1, 0.15) is 10.8 Å². The summed E-state index contributed by atoms with van der Waals surface area (Å²) in [6, 6.07) is 0. The highest BCUT2D eigenvalue weighted by atomic mass is 35.5. The summed E-state index contributed by atoms with van der Waals surface area (Å²) in [4.78, 5) is 32.2. The van der Waals surface area contributed by atoms with Gasteiger partial charge in [0.15, 0.2) is 0 Å². The summed E-state index contributed by atoms with van der Waals surface area (Å²) < 4.78 is 4.52. The fraction of sp³-hybridized carbons (Fsp3) is 0.455. The van der Waals surface area contributed by atoms with Crippen molar-refractivity contribution >= 4 is 23.5 Å². The lowest BCUT2D eigenvalue weighted by Crippen LogP contribution is -2.33. The van der Waals surface area contributed by atoms with Crippen LogP contribution in [0.5, 0.6) is 0 Å². The van der Waals surface area contributed by atoms with Crippen LogP contribution in [0, 0.1) is 0 Å². The van der Waals surface area contributed by atoms with Gasteiger partial charge in [0, 0.05) is 13.1 Å². The first-order valence-corrected chi connectivity index (χ1v) is 5.80. The van der Waals surface area contributed by atoms with Crippen molar-refractivity contribution in [2.75, 3.05) is 20.2 Å². The van der Waals surface area contributed by atoms with Gasteiger partial charge < -0.3 is 9.64 Å². The molecule has 0 aromatic carbocycles. The summed E-state index contributed by atoms with van der Waals surface area (Å²) in [5.74, 6) is -0.644. The average molecular weight is 272 g/mol. The topological polar surface area (TPSA) is 72.4 Å². The van der Waals surface area contributed by atoms with Crippen molar-refractivity contribution in [3.63, 3.8) is 0 Å². The lowest BCUT2D eigenvalue weighted by Gasteiger charge is -2.19. The maximum atomic E-state index is 12.0. The summed E-state index contributed by atoms with van der Waals surface area (Å²) in [6.07, 6.45) is 2.77. The van der Waals surface area contributed by atoms with Gasteiger partial charge in [-0.2, -0.15) is 0 Å². The summed E-state index contributed by atoms with van der Waals surface area (Å²) in [5.41, 5.74) is 0.200. The zero-order valence-electron chi connectivity index (χ0n) is 10.2. The maximum Gasteiger partial charge on any atom is 0.307 e. The Balaban J connectivity index is 2.67. The molecule has 1 aromatic heterocycles. The van der Waals surface area contributed by atoms with E-state index in [0.29, 0.717) is 6.54 Å². The van der Waals surface area contributed by atoms with Gasteiger partial charge in [-0.25, -0.2) is 9.97 Å². The standard InChI is InChI=1S/C11H14ClN3O3/c1-3-15(5-4-10(16)18-2)11(17)8-6-14-9(12)7-13-8/h6-7H,3-5H2,1-2H3. The number of amides is 1. The predicted molar refractivity (Wildman–Crippen MR) is 65.3 cm³/mol. The number of rotatable bonds is 5. The summed E-state index contributed by atoms with van der Waals surface area (Å²) in [6.45, 7) is 2.57. The van der Waals surface area contributed by atoms with Crippen LogP contribution < -0.4 is 0 Å². The minimum Gasteiger partial charge on any atom is -0.469 e. The van der Waals surface area contributed by atoms with Gasteiger partial charge in [-0.05, 0) is 6.92 Å². The van der Waals surface area contributed by atoms with Crippen LogP contribution in [0.4, 0.5) is 0 Å². The summed E-state index contributed by atoms with van der Waals surface area (Å²) >= 11 is 5.59. The number of methoxy groups -OCH3 is 1. The van der Waals surface area contributed by atoms with E-state index in [-0.39, 0.29) is 35.7 Å². The molecule has 0 spiro atoms. The monoisotopic (exact) mass is 271 g/mol. The van der Waals surface area contributed by atoms with Crippen LogP contribution in [0.3, 0.4) is 0 Å².